The van der Waals surface area contributed by atoms with Gasteiger partial charge in [-0.25, -0.2) is 0 Å². The second kappa shape index (κ2) is 6.15. The molecule has 1 nitrogen and oxygen atoms in total. The van der Waals surface area contributed by atoms with Crippen LogP contribution in [0.3, 0.4) is 0 Å². The third kappa shape index (κ3) is 12.6. The Morgan fingerprint density at radius 1 is 1.33 bits per heavy atom. The molecule has 0 heterocycles. The molecule has 0 fully saturated rings. The van der Waals surface area contributed by atoms with Crippen molar-refractivity contribution >= 4 is 34.8 Å². The Kier molecular flexibility index (Phi) is 8.90. The predicted molar refractivity (Wildman–Crippen MR) is 36.8 cm³/mol. The van der Waals surface area contributed by atoms with E-state index < -0.39 is 3.79 Å². The number of alkyl halides is 3. The van der Waals surface area contributed by atoms with E-state index in [0.717, 1.165) is 0 Å². The number of hydrogen-bond donors (Lipinski definition) is 0. The molecule has 0 aliphatic heterocycles. The van der Waals surface area contributed by atoms with E-state index >= 15 is 0 Å². The van der Waals surface area contributed by atoms with Crippen LogP contribution < -0.4 is 0 Å². The average molecular weight is 228 g/mol. The summed E-state index contributed by atoms with van der Waals surface area (Å²) in [4.78, 5) is 0. The Labute approximate surface area is 81.9 Å². The molecular formula is C4H7Cl3OV. The van der Waals surface area contributed by atoms with E-state index in [1.807, 2.05) is 6.92 Å². The van der Waals surface area contributed by atoms with Crippen molar-refractivity contribution in [2.24, 2.45) is 0 Å². The summed E-state index contributed by atoms with van der Waals surface area (Å²) < 4.78 is 3.55. The van der Waals surface area contributed by atoms with Crippen LogP contribution in [0, 0.1) is 0 Å². The molecule has 0 aliphatic rings. The zero-order chi connectivity index (χ0) is 6.62. The van der Waals surface area contributed by atoms with Crippen molar-refractivity contribution in [2.75, 3.05) is 13.2 Å². The second-order valence-electron chi connectivity index (χ2n) is 1.25. The molecule has 0 amide bonds. The maximum Gasteiger partial charge on any atom is 0.213 e. The van der Waals surface area contributed by atoms with Gasteiger partial charge in [0, 0.05) is 25.2 Å². The molecule has 0 saturated heterocycles. The number of rotatable bonds is 2. The minimum absolute atomic E-state index is 0. The summed E-state index contributed by atoms with van der Waals surface area (Å²) in [5.41, 5.74) is 0. The molecule has 9 heavy (non-hydrogen) atoms. The summed E-state index contributed by atoms with van der Waals surface area (Å²) in [5, 5.41) is 0. The van der Waals surface area contributed by atoms with Gasteiger partial charge >= 0.3 is 0 Å². The van der Waals surface area contributed by atoms with Gasteiger partial charge in [0.05, 0.1) is 6.61 Å². The maximum atomic E-state index is 5.32. The van der Waals surface area contributed by atoms with Crippen molar-refractivity contribution in [1.29, 1.82) is 0 Å². The summed E-state index contributed by atoms with van der Waals surface area (Å²) in [6.45, 7) is 2.58. The van der Waals surface area contributed by atoms with E-state index in [1.54, 1.807) is 0 Å². The van der Waals surface area contributed by atoms with Gasteiger partial charge in [-0.05, 0) is 6.92 Å². The van der Waals surface area contributed by atoms with Crippen LogP contribution in [-0.4, -0.2) is 17.0 Å². The molecule has 0 atom stereocenters. The van der Waals surface area contributed by atoms with E-state index in [-0.39, 0.29) is 25.2 Å². The quantitative estimate of drug-likeness (QED) is 0.660. The van der Waals surface area contributed by atoms with Crippen molar-refractivity contribution in [1.82, 2.24) is 0 Å². The second-order valence-corrected chi connectivity index (χ2v) is 3.77. The van der Waals surface area contributed by atoms with Crippen molar-refractivity contribution in [3.05, 3.63) is 0 Å². The Balaban J connectivity index is 0. The molecule has 0 unspecified atom stereocenters. The van der Waals surface area contributed by atoms with Crippen LogP contribution in [-0.2, 0) is 23.3 Å². The van der Waals surface area contributed by atoms with E-state index in [0.29, 0.717) is 6.61 Å². The standard InChI is InChI=1S/C4H7Cl3O.V/c1-2-8-3-4(5,6)7;/h2-3H2,1H3;. The Morgan fingerprint density at radius 3 is 1.89 bits per heavy atom. The van der Waals surface area contributed by atoms with Crippen LogP contribution in [0.1, 0.15) is 6.92 Å². The van der Waals surface area contributed by atoms with E-state index in [4.69, 9.17) is 39.5 Å². The van der Waals surface area contributed by atoms with Crippen LogP contribution >= 0.6 is 34.8 Å². The van der Waals surface area contributed by atoms with Gasteiger partial charge in [0.1, 0.15) is 0 Å². The van der Waals surface area contributed by atoms with Gasteiger partial charge in [-0.2, -0.15) is 0 Å². The van der Waals surface area contributed by atoms with Gasteiger partial charge in [0.25, 0.3) is 0 Å². The summed E-state index contributed by atoms with van der Waals surface area (Å²) in [7, 11) is 0. The Morgan fingerprint density at radius 2 is 1.78 bits per heavy atom. The smallest absolute Gasteiger partial charge is 0.213 e. The molecule has 0 spiro atoms. The molecule has 1 radical (unpaired) electrons. The molecule has 0 aliphatic carbocycles. The third-order valence-corrected chi connectivity index (χ3v) is 0.797. The third-order valence-electron chi connectivity index (χ3n) is 0.470. The molecule has 0 aromatic carbocycles. The maximum absolute atomic E-state index is 5.32. The minimum atomic E-state index is -1.25. The topological polar surface area (TPSA) is 9.23 Å². The first-order valence-corrected chi connectivity index (χ1v) is 3.34. The van der Waals surface area contributed by atoms with Gasteiger partial charge in [-0.3, -0.25) is 0 Å². The molecule has 0 rings (SSSR count). The number of halogens is 3. The summed E-state index contributed by atoms with van der Waals surface area (Å²) in [6.07, 6.45) is 0. The van der Waals surface area contributed by atoms with Crippen LogP contribution in [0.5, 0.6) is 0 Å². The first-order chi connectivity index (χ1) is 3.56. The predicted octanol–water partition coefficient (Wildman–Crippen LogP) is 2.39. The summed E-state index contributed by atoms with van der Waals surface area (Å²) in [6, 6.07) is 0. The number of ether oxygens (including phenoxy) is 1. The van der Waals surface area contributed by atoms with Crippen LogP contribution in [0.2, 0.25) is 0 Å². The monoisotopic (exact) mass is 227 g/mol. The normalized spacial score (nSPS) is 10.7. The van der Waals surface area contributed by atoms with Crippen LogP contribution in [0.4, 0.5) is 0 Å². The fraction of sp³-hybridized carbons (Fsp3) is 1.00. The molecule has 0 bridgehead atoms. The molecular weight excluding hydrogens is 221 g/mol. The van der Waals surface area contributed by atoms with Crippen molar-refractivity contribution in [3.63, 3.8) is 0 Å². The molecule has 0 saturated carbocycles. The molecule has 0 aromatic heterocycles. The molecule has 55 valence electrons. The van der Waals surface area contributed by atoms with Crippen molar-refractivity contribution in [3.8, 4) is 0 Å². The molecule has 0 aromatic rings. The van der Waals surface area contributed by atoms with Crippen molar-refractivity contribution in [2.45, 2.75) is 10.7 Å². The average Bonchev–Trinajstić information content (AvgIpc) is 1.59. The van der Waals surface area contributed by atoms with E-state index in [1.165, 1.54) is 0 Å². The Bertz CT molecular complexity index is 63.3. The Hall–Kier alpha value is 1.41. The van der Waals surface area contributed by atoms with Gasteiger partial charge in [-0.1, -0.05) is 34.8 Å². The zero-order valence-electron chi connectivity index (χ0n) is 4.90. The fourth-order valence-electron chi connectivity index (χ4n) is 0.218. The van der Waals surface area contributed by atoms with Gasteiger partial charge < -0.3 is 4.74 Å². The minimum Gasteiger partial charge on any atom is -0.377 e. The largest absolute Gasteiger partial charge is 0.377 e. The van der Waals surface area contributed by atoms with Crippen LogP contribution in [0.15, 0.2) is 0 Å². The van der Waals surface area contributed by atoms with Gasteiger partial charge in [0.2, 0.25) is 3.79 Å². The van der Waals surface area contributed by atoms with Crippen molar-refractivity contribution < 1.29 is 23.3 Å². The number of hydrogen-bond acceptors (Lipinski definition) is 1. The SMILES string of the molecule is CCOCC(Cl)(Cl)Cl.[V]. The fourth-order valence-corrected chi connectivity index (χ4v) is 0.449. The van der Waals surface area contributed by atoms with Gasteiger partial charge in [-0.15, -0.1) is 0 Å². The summed E-state index contributed by atoms with van der Waals surface area (Å²) in [5.74, 6) is 0. The summed E-state index contributed by atoms with van der Waals surface area (Å²) >= 11 is 16.0. The van der Waals surface area contributed by atoms with E-state index in [9.17, 15) is 0 Å². The van der Waals surface area contributed by atoms with Gasteiger partial charge in [0.15, 0.2) is 0 Å². The first-order valence-electron chi connectivity index (χ1n) is 2.20. The molecule has 5 heteroatoms. The molecule has 0 N–H and O–H groups in total. The van der Waals surface area contributed by atoms with E-state index in [2.05, 4.69) is 0 Å². The zero-order valence-corrected chi connectivity index (χ0v) is 8.57. The first kappa shape index (κ1) is 13.0. The van der Waals surface area contributed by atoms with Crippen LogP contribution in [0.25, 0.3) is 0 Å².